The average Bonchev–Trinajstić information content (AvgIpc) is 2.17. The van der Waals surface area contributed by atoms with Crippen LogP contribution in [0.1, 0.15) is 37.3 Å². The van der Waals surface area contributed by atoms with Gasteiger partial charge >= 0.3 is 0 Å². The van der Waals surface area contributed by atoms with Crippen LogP contribution < -0.4 is 0 Å². The Morgan fingerprint density at radius 2 is 2.31 bits per heavy atom. The molecule has 0 saturated carbocycles. The second-order valence-electron chi connectivity index (χ2n) is 3.05. The number of hydrogen-bond acceptors (Lipinski definition) is 3. The van der Waals surface area contributed by atoms with E-state index in [-0.39, 0.29) is 17.2 Å². The van der Waals surface area contributed by atoms with E-state index in [2.05, 4.69) is 4.98 Å². The molecule has 1 unspecified atom stereocenters. The zero-order chi connectivity index (χ0) is 9.84. The predicted molar refractivity (Wildman–Crippen MR) is 49.3 cm³/mol. The molecular weight excluding hydrogens is 164 g/mol. The summed E-state index contributed by atoms with van der Waals surface area (Å²) < 4.78 is 0. The quantitative estimate of drug-likeness (QED) is 0.751. The van der Waals surface area contributed by atoms with Crippen molar-refractivity contribution in [1.29, 1.82) is 5.26 Å². The number of nitrogens with zero attached hydrogens (tertiary/aromatic N) is 2. The standard InChI is InChI=1S/C10H12N2O/c1-3-7(2)9-6-12-5-8(4-11)10(9)13/h5-7H,3H2,1-2H3,(H,12,13). The molecule has 0 amide bonds. The van der Waals surface area contributed by atoms with Crippen LogP contribution in [-0.2, 0) is 0 Å². The van der Waals surface area contributed by atoms with E-state index in [1.807, 2.05) is 19.9 Å². The Kier molecular flexibility index (Phi) is 2.86. The summed E-state index contributed by atoms with van der Waals surface area (Å²) in [5, 5.41) is 18.3. The minimum Gasteiger partial charge on any atom is -0.506 e. The van der Waals surface area contributed by atoms with Gasteiger partial charge in [-0.2, -0.15) is 5.26 Å². The molecule has 1 atom stereocenters. The van der Waals surface area contributed by atoms with Crippen LogP contribution in [0, 0.1) is 11.3 Å². The predicted octanol–water partition coefficient (Wildman–Crippen LogP) is 2.17. The number of nitriles is 1. The highest BCUT2D eigenvalue weighted by Crippen LogP contribution is 2.29. The number of pyridine rings is 1. The molecule has 3 heteroatoms. The Morgan fingerprint density at radius 1 is 1.62 bits per heavy atom. The summed E-state index contributed by atoms with van der Waals surface area (Å²) in [5.74, 6) is 0.313. The molecular formula is C10H12N2O. The molecule has 0 saturated heterocycles. The van der Waals surface area contributed by atoms with Crippen LogP contribution >= 0.6 is 0 Å². The van der Waals surface area contributed by atoms with E-state index >= 15 is 0 Å². The van der Waals surface area contributed by atoms with Crippen molar-refractivity contribution in [2.24, 2.45) is 0 Å². The Labute approximate surface area is 77.7 Å². The highest BCUT2D eigenvalue weighted by molar-refractivity contribution is 5.46. The molecule has 0 spiro atoms. The first-order valence-corrected chi connectivity index (χ1v) is 4.27. The van der Waals surface area contributed by atoms with Crippen molar-refractivity contribution in [3.63, 3.8) is 0 Å². The fourth-order valence-corrected chi connectivity index (χ4v) is 1.13. The summed E-state index contributed by atoms with van der Waals surface area (Å²) in [6.07, 6.45) is 3.91. The van der Waals surface area contributed by atoms with E-state index in [9.17, 15) is 5.11 Å². The average molecular weight is 176 g/mol. The van der Waals surface area contributed by atoms with Crippen LogP contribution in [0.15, 0.2) is 12.4 Å². The molecule has 0 radical (unpaired) electrons. The van der Waals surface area contributed by atoms with Crippen molar-refractivity contribution in [3.8, 4) is 11.8 Å². The smallest absolute Gasteiger partial charge is 0.139 e. The largest absolute Gasteiger partial charge is 0.506 e. The lowest BCUT2D eigenvalue weighted by Gasteiger charge is -2.10. The highest BCUT2D eigenvalue weighted by Gasteiger charge is 2.11. The molecule has 68 valence electrons. The lowest BCUT2D eigenvalue weighted by molar-refractivity contribution is 0.459. The number of rotatable bonds is 2. The van der Waals surface area contributed by atoms with Crippen molar-refractivity contribution in [3.05, 3.63) is 23.5 Å². The molecule has 0 fully saturated rings. The molecule has 13 heavy (non-hydrogen) atoms. The SMILES string of the molecule is CCC(C)c1cncc(C#N)c1O. The Balaban J connectivity index is 3.17. The molecule has 0 aliphatic carbocycles. The number of hydrogen-bond donors (Lipinski definition) is 1. The fourth-order valence-electron chi connectivity index (χ4n) is 1.13. The van der Waals surface area contributed by atoms with Gasteiger partial charge in [-0.25, -0.2) is 0 Å². The minimum absolute atomic E-state index is 0.0758. The summed E-state index contributed by atoms with van der Waals surface area (Å²) in [5.41, 5.74) is 0.999. The third-order valence-electron chi connectivity index (χ3n) is 2.21. The molecule has 1 N–H and O–H groups in total. The summed E-state index contributed by atoms with van der Waals surface area (Å²) in [6, 6.07) is 1.90. The zero-order valence-corrected chi connectivity index (χ0v) is 7.78. The van der Waals surface area contributed by atoms with Gasteiger partial charge in [-0.1, -0.05) is 13.8 Å². The fraction of sp³-hybridized carbons (Fsp3) is 0.400. The van der Waals surface area contributed by atoms with E-state index in [1.54, 1.807) is 6.20 Å². The van der Waals surface area contributed by atoms with Gasteiger partial charge in [0.15, 0.2) is 0 Å². The normalized spacial score (nSPS) is 12.1. The Morgan fingerprint density at radius 3 is 2.85 bits per heavy atom. The van der Waals surface area contributed by atoms with Crippen molar-refractivity contribution in [2.45, 2.75) is 26.2 Å². The van der Waals surface area contributed by atoms with Crippen molar-refractivity contribution in [2.75, 3.05) is 0 Å². The van der Waals surface area contributed by atoms with Gasteiger partial charge in [0.05, 0.1) is 0 Å². The van der Waals surface area contributed by atoms with Gasteiger partial charge in [0, 0.05) is 18.0 Å². The van der Waals surface area contributed by atoms with Gasteiger partial charge < -0.3 is 5.11 Å². The van der Waals surface area contributed by atoms with Crippen molar-refractivity contribution >= 4 is 0 Å². The molecule has 0 bridgehead atoms. The van der Waals surface area contributed by atoms with Crippen LogP contribution in [0.2, 0.25) is 0 Å². The van der Waals surface area contributed by atoms with E-state index < -0.39 is 0 Å². The maximum Gasteiger partial charge on any atom is 0.139 e. The summed E-state index contributed by atoms with van der Waals surface area (Å²) in [4.78, 5) is 3.90. The monoisotopic (exact) mass is 176 g/mol. The van der Waals surface area contributed by atoms with E-state index in [4.69, 9.17) is 5.26 Å². The molecule has 0 aromatic carbocycles. The molecule has 1 aromatic heterocycles. The molecule has 1 aromatic rings. The summed E-state index contributed by atoms with van der Waals surface area (Å²) >= 11 is 0. The minimum atomic E-state index is 0.0758. The van der Waals surface area contributed by atoms with Gasteiger partial charge in [0.2, 0.25) is 0 Å². The van der Waals surface area contributed by atoms with Crippen molar-refractivity contribution in [1.82, 2.24) is 4.98 Å². The maximum atomic E-state index is 9.63. The number of aromatic nitrogens is 1. The third-order valence-corrected chi connectivity index (χ3v) is 2.21. The second-order valence-corrected chi connectivity index (χ2v) is 3.05. The summed E-state index contributed by atoms with van der Waals surface area (Å²) in [6.45, 7) is 4.03. The molecule has 1 rings (SSSR count). The zero-order valence-electron chi connectivity index (χ0n) is 7.78. The summed E-state index contributed by atoms with van der Waals surface area (Å²) in [7, 11) is 0. The molecule has 3 nitrogen and oxygen atoms in total. The second kappa shape index (κ2) is 3.90. The van der Waals surface area contributed by atoms with Crippen LogP contribution in [0.3, 0.4) is 0 Å². The third kappa shape index (κ3) is 1.78. The van der Waals surface area contributed by atoms with Crippen molar-refractivity contribution < 1.29 is 5.11 Å². The van der Waals surface area contributed by atoms with E-state index in [0.29, 0.717) is 0 Å². The molecule has 0 aliphatic heterocycles. The number of aromatic hydroxyl groups is 1. The van der Waals surface area contributed by atoms with Crippen LogP contribution in [0.4, 0.5) is 0 Å². The van der Waals surface area contributed by atoms with E-state index in [0.717, 1.165) is 12.0 Å². The maximum absolute atomic E-state index is 9.63. The molecule has 1 heterocycles. The Hall–Kier alpha value is -1.56. The first-order chi connectivity index (χ1) is 6.20. The van der Waals surface area contributed by atoms with E-state index in [1.165, 1.54) is 6.20 Å². The topological polar surface area (TPSA) is 56.9 Å². The lowest BCUT2D eigenvalue weighted by atomic mass is 9.98. The van der Waals surface area contributed by atoms with Crippen LogP contribution in [-0.4, -0.2) is 10.1 Å². The van der Waals surface area contributed by atoms with Gasteiger partial charge in [0.25, 0.3) is 0 Å². The highest BCUT2D eigenvalue weighted by atomic mass is 16.3. The Bertz CT molecular complexity index is 341. The van der Waals surface area contributed by atoms with Crippen LogP contribution in [0.25, 0.3) is 0 Å². The van der Waals surface area contributed by atoms with Crippen LogP contribution in [0.5, 0.6) is 5.75 Å². The first-order valence-electron chi connectivity index (χ1n) is 4.27. The van der Waals surface area contributed by atoms with Gasteiger partial charge in [-0.15, -0.1) is 0 Å². The lowest BCUT2D eigenvalue weighted by Crippen LogP contribution is -1.95. The first kappa shape index (κ1) is 9.53. The van der Waals surface area contributed by atoms with Gasteiger partial charge in [0.1, 0.15) is 17.4 Å². The van der Waals surface area contributed by atoms with Gasteiger partial charge in [-0.3, -0.25) is 4.98 Å². The molecule has 0 aliphatic rings. The van der Waals surface area contributed by atoms with Gasteiger partial charge in [-0.05, 0) is 12.3 Å².